The molecule has 0 spiro atoms. The first-order valence-electron chi connectivity index (χ1n) is 8.87. The Morgan fingerprint density at radius 1 is 1.08 bits per heavy atom. The Balaban J connectivity index is 0.00000243. The van der Waals surface area contributed by atoms with Crippen LogP contribution in [-0.2, 0) is 5.60 Å². The van der Waals surface area contributed by atoms with E-state index in [1.807, 2.05) is 38.1 Å². The van der Waals surface area contributed by atoms with Crippen molar-refractivity contribution < 1.29 is 15.3 Å². The van der Waals surface area contributed by atoms with Gasteiger partial charge in [-0.05, 0) is 55.5 Å². The lowest BCUT2D eigenvalue weighted by Crippen LogP contribution is -2.44. The summed E-state index contributed by atoms with van der Waals surface area (Å²) < 4.78 is 0. The summed E-state index contributed by atoms with van der Waals surface area (Å²) in [4.78, 5) is 2.19. The maximum absolute atomic E-state index is 11.0. The van der Waals surface area contributed by atoms with E-state index in [1.165, 1.54) is 0 Å². The molecule has 5 heteroatoms. The van der Waals surface area contributed by atoms with Crippen LogP contribution < -0.4 is 0 Å². The van der Waals surface area contributed by atoms with Gasteiger partial charge in [0.05, 0.1) is 11.7 Å². The molecule has 3 N–H and O–H groups in total. The molecule has 0 bridgehead atoms. The second-order valence-electron chi connectivity index (χ2n) is 7.26. The van der Waals surface area contributed by atoms with Gasteiger partial charge in [0.15, 0.2) is 0 Å². The Morgan fingerprint density at radius 2 is 1.77 bits per heavy atom. The fraction of sp³-hybridized carbons (Fsp3) is 0.429. The number of piperidine rings is 1. The van der Waals surface area contributed by atoms with E-state index in [1.54, 1.807) is 12.1 Å². The van der Waals surface area contributed by atoms with Crippen molar-refractivity contribution in [2.24, 2.45) is 0 Å². The zero-order chi connectivity index (χ0) is 18.0. The Kier molecular flexibility index (Phi) is 6.69. The van der Waals surface area contributed by atoms with Gasteiger partial charge in [-0.1, -0.05) is 35.9 Å². The van der Waals surface area contributed by atoms with Crippen LogP contribution in [0.5, 0.6) is 5.75 Å². The highest BCUT2D eigenvalue weighted by Gasteiger charge is 2.34. The third-order valence-corrected chi connectivity index (χ3v) is 5.28. The Labute approximate surface area is 161 Å². The summed E-state index contributed by atoms with van der Waals surface area (Å²) in [5, 5.41) is 31.1. The van der Waals surface area contributed by atoms with E-state index < -0.39 is 11.7 Å². The van der Waals surface area contributed by atoms with Gasteiger partial charge in [0.2, 0.25) is 0 Å². The first-order valence-corrected chi connectivity index (χ1v) is 8.87. The number of halogens is 1. The molecule has 0 aliphatic carbocycles. The Morgan fingerprint density at radius 3 is 2.38 bits per heavy atom. The smallest absolute Gasteiger partial charge is 0.118 e. The van der Waals surface area contributed by atoms with Gasteiger partial charge in [-0.25, -0.2) is 0 Å². The highest BCUT2D eigenvalue weighted by Crippen LogP contribution is 2.34. The van der Waals surface area contributed by atoms with Gasteiger partial charge >= 0.3 is 0 Å². The maximum atomic E-state index is 11.0. The molecule has 1 fully saturated rings. The quantitative estimate of drug-likeness (QED) is 0.763. The lowest BCUT2D eigenvalue weighted by Gasteiger charge is -2.39. The van der Waals surface area contributed by atoms with E-state index in [2.05, 4.69) is 11.0 Å². The van der Waals surface area contributed by atoms with Crippen molar-refractivity contribution in [3.05, 3.63) is 64.7 Å². The second kappa shape index (κ2) is 8.40. The highest BCUT2D eigenvalue weighted by molar-refractivity contribution is 5.85. The summed E-state index contributed by atoms with van der Waals surface area (Å²) in [6, 6.07) is 13.3. The predicted molar refractivity (Wildman–Crippen MR) is 106 cm³/mol. The number of phenolic OH excluding ortho intramolecular Hbond substituents is 1. The molecule has 0 amide bonds. The fourth-order valence-electron chi connectivity index (χ4n) is 3.56. The number of benzene rings is 2. The van der Waals surface area contributed by atoms with Crippen molar-refractivity contribution in [3.8, 4) is 5.75 Å². The molecule has 1 aliphatic heterocycles. The number of rotatable bonds is 4. The summed E-state index contributed by atoms with van der Waals surface area (Å²) >= 11 is 0. The maximum Gasteiger partial charge on any atom is 0.118 e. The highest BCUT2D eigenvalue weighted by atomic mass is 35.5. The number of hydrogen-bond donors (Lipinski definition) is 3. The number of phenols is 1. The topological polar surface area (TPSA) is 63.9 Å². The zero-order valence-corrected chi connectivity index (χ0v) is 16.2. The van der Waals surface area contributed by atoms with E-state index in [-0.39, 0.29) is 18.2 Å². The molecule has 2 aromatic carbocycles. The van der Waals surface area contributed by atoms with E-state index in [0.29, 0.717) is 19.4 Å². The van der Waals surface area contributed by atoms with Gasteiger partial charge < -0.3 is 20.2 Å². The SMILES string of the molecule is Cc1cccc(C2(O)CCN(CC(O)c3ccc(O)c(C)c3)CC2)c1.Cl. The number of aryl methyl sites for hydroxylation is 2. The number of aliphatic hydroxyl groups excluding tert-OH is 1. The summed E-state index contributed by atoms with van der Waals surface area (Å²) in [6.07, 6.45) is 0.736. The molecule has 26 heavy (non-hydrogen) atoms. The van der Waals surface area contributed by atoms with Gasteiger partial charge in [-0.15, -0.1) is 12.4 Å². The van der Waals surface area contributed by atoms with Gasteiger partial charge in [0.1, 0.15) is 5.75 Å². The van der Waals surface area contributed by atoms with Crippen molar-refractivity contribution in [1.29, 1.82) is 0 Å². The van der Waals surface area contributed by atoms with Gasteiger partial charge in [0, 0.05) is 19.6 Å². The van der Waals surface area contributed by atoms with E-state index >= 15 is 0 Å². The zero-order valence-electron chi connectivity index (χ0n) is 15.4. The molecule has 2 aromatic rings. The standard InChI is InChI=1S/C21H27NO3.ClH/c1-15-4-3-5-18(12-15)21(25)8-10-22(11-9-21)14-20(24)17-6-7-19(23)16(2)13-17;/h3-7,12-13,20,23-25H,8-11,14H2,1-2H3;1H. The first-order chi connectivity index (χ1) is 11.9. The first kappa shape index (κ1) is 20.7. The average Bonchev–Trinajstić information content (AvgIpc) is 2.59. The number of likely N-dealkylation sites (tertiary alicyclic amines) is 1. The van der Waals surface area contributed by atoms with Crippen LogP contribution in [0.1, 0.15) is 41.2 Å². The lowest BCUT2D eigenvalue weighted by atomic mass is 9.84. The second-order valence-corrected chi connectivity index (χ2v) is 7.26. The van der Waals surface area contributed by atoms with Gasteiger partial charge in [-0.2, -0.15) is 0 Å². The van der Waals surface area contributed by atoms with E-state index in [9.17, 15) is 15.3 Å². The molecule has 0 aromatic heterocycles. The summed E-state index contributed by atoms with van der Waals surface area (Å²) in [5.41, 5.74) is 2.95. The summed E-state index contributed by atoms with van der Waals surface area (Å²) in [7, 11) is 0. The van der Waals surface area contributed by atoms with Crippen LogP contribution in [-0.4, -0.2) is 39.9 Å². The minimum Gasteiger partial charge on any atom is -0.508 e. The number of nitrogens with zero attached hydrogens (tertiary/aromatic N) is 1. The molecule has 1 saturated heterocycles. The van der Waals surface area contributed by atoms with E-state index in [4.69, 9.17) is 0 Å². The van der Waals surface area contributed by atoms with E-state index in [0.717, 1.165) is 35.3 Å². The minimum atomic E-state index is -0.775. The molecule has 1 unspecified atom stereocenters. The van der Waals surface area contributed by atoms with Crippen LogP contribution in [0.3, 0.4) is 0 Å². The van der Waals surface area contributed by atoms with Gasteiger partial charge in [0.25, 0.3) is 0 Å². The molecule has 0 saturated carbocycles. The largest absolute Gasteiger partial charge is 0.508 e. The predicted octanol–water partition coefficient (Wildman–Crippen LogP) is 3.45. The normalized spacial score (nSPS) is 18.2. The summed E-state index contributed by atoms with van der Waals surface area (Å²) in [5.74, 6) is 0.247. The molecule has 1 atom stereocenters. The van der Waals surface area contributed by atoms with Crippen molar-refractivity contribution in [2.45, 2.75) is 38.4 Å². The monoisotopic (exact) mass is 377 g/mol. The third kappa shape index (κ3) is 4.57. The lowest BCUT2D eigenvalue weighted by molar-refractivity contribution is -0.0345. The molecular formula is C21H28ClNO3. The van der Waals surface area contributed by atoms with Crippen molar-refractivity contribution >= 4 is 12.4 Å². The van der Waals surface area contributed by atoms with Crippen molar-refractivity contribution in [2.75, 3.05) is 19.6 Å². The third-order valence-electron chi connectivity index (χ3n) is 5.28. The number of aromatic hydroxyl groups is 1. The minimum absolute atomic E-state index is 0. The van der Waals surface area contributed by atoms with Crippen LogP contribution in [0.25, 0.3) is 0 Å². The Bertz CT molecular complexity index is 742. The molecule has 1 aliphatic rings. The van der Waals surface area contributed by atoms with Crippen LogP contribution in [0.4, 0.5) is 0 Å². The van der Waals surface area contributed by atoms with Crippen molar-refractivity contribution in [3.63, 3.8) is 0 Å². The Hall–Kier alpha value is -1.59. The number of β-amino-alcohol motifs (C(OH)–C–C–N with tert-alkyl or cyclic N) is 1. The summed E-state index contributed by atoms with van der Waals surface area (Å²) in [6.45, 7) is 5.90. The van der Waals surface area contributed by atoms with Crippen LogP contribution in [0.15, 0.2) is 42.5 Å². The van der Waals surface area contributed by atoms with Gasteiger partial charge in [-0.3, -0.25) is 0 Å². The van der Waals surface area contributed by atoms with Crippen molar-refractivity contribution in [1.82, 2.24) is 4.90 Å². The molecule has 1 heterocycles. The molecule has 4 nitrogen and oxygen atoms in total. The number of aliphatic hydroxyl groups is 2. The number of hydrogen-bond acceptors (Lipinski definition) is 4. The molecule has 142 valence electrons. The van der Waals surface area contributed by atoms with Crippen LogP contribution in [0, 0.1) is 13.8 Å². The molecule has 3 rings (SSSR count). The fourth-order valence-corrected chi connectivity index (χ4v) is 3.56. The molecular weight excluding hydrogens is 350 g/mol. The van der Waals surface area contributed by atoms with Crippen LogP contribution >= 0.6 is 12.4 Å². The average molecular weight is 378 g/mol. The van der Waals surface area contributed by atoms with Crippen LogP contribution in [0.2, 0.25) is 0 Å². The molecule has 0 radical (unpaired) electrons.